The zero-order chi connectivity index (χ0) is 21.8. The SMILES string of the molecule is NC(=O)C1CCN(c2ccccc2NC(=O)N2CCN(c3cccc(Cl)c3)CC2)CC1. The van der Waals surface area contributed by atoms with Gasteiger partial charge in [0.25, 0.3) is 0 Å². The zero-order valence-corrected chi connectivity index (χ0v) is 18.2. The first-order valence-corrected chi connectivity index (χ1v) is 11.1. The number of carbonyl (C=O) groups excluding carboxylic acids is 2. The Morgan fingerprint density at radius 2 is 1.61 bits per heavy atom. The van der Waals surface area contributed by atoms with Crippen molar-refractivity contribution >= 4 is 40.6 Å². The van der Waals surface area contributed by atoms with E-state index in [4.69, 9.17) is 17.3 Å². The van der Waals surface area contributed by atoms with Crippen molar-refractivity contribution in [1.82, 2.24) is 4.90 Å². The number of primary amides is 1. The number of nitrogens with zero attached hydrogens (tertiary/aromatic N) is 3. The Kier molecular flexibility index (Phi) is 6.51. The number of rotatable bonds is 4. The fraction of sp³-hybridized carbons (Fsp3) is 0.391. The van der Waals surface area contributed by atoms with Crippen molar-refractivity contribution in [1.29, 1.82) is 0 Å². The second kappa shape index (κ2) is 9.47. The quantitative estimate of drug-likeness (QED) is 0.761. The van der Waals surface area contributed by atoms with Gasteiger partial charge >= 0.3 is 6.03 Å². The Morgan fingerprint density at radius 1 is 0.903 bits per heavy atom. The molecule has 2 aliphatic rings. The minimum atomic E-state index is -0.224. The summed E-state index contributed by atoms with van der Waals surface area (Å²) in [6.07, 6.45) is 1.48. The van der Waals surface area contributed by atoms with Gasteiger partial charge in [-0.05, 0) is 43.2 Å². The molecule has 0 spiro atoms. The monoisotopic (exact) mass is 441 g/mol. The molecule has 2 heterocycles. The number of nitrogens with one attached hydrogen (secondary N) is 1. The third-order valence-corrected chi connectivity index (χ3v) is 6.36. The van der Waals surface area contributed by atoms with Crippen molar-refractivity contribution in [2.24, 2.45) is 11.7 Å². The van der Waals surface area contributed by atoms with Crippen LogP contribution in [0.5, 0.6) is 0 Å². The molecule has 3 amide bonds. The highest BCUT2D eigenvalue weighted by Crippen LogP contribution is 2.30. The number of benzene rings is 2. The van der Waals surface area contributed by atoms with Gasteiger partial charge in [0.1, 0.15) is 0 Å². The summed E-state index contributed by atoms with van der Waals surface area (Å²) < 4.78 is 0. The van der Waals surface area contributed by atoms with Crippen molar-refractivity contribution in [3.63, 3.8) is 0 Å². The van der Waals surface area contributed by atoms with Crippen molar-refractivity contribution in [2.75, 3.05) is 54.4 Å². The predicted octanol–water partition coefficient (Wildman–Crippen LogP) is 3.40. The van der Waals surface area contributed by atoms with Crippen LogP contribution in [0.4, 0.5) is 21.9 Å². The lowest BCUT2D eigenvalue weighted by Gasteiger charge is -2.37. The van der Waals surface area contributed by atoms with E-state index in [1.807, 2.05) is 53.4 Å². The second-order valence-electron chi connectivity index (χ2n) is 8.06. The van der Waals surface area contributed by atoms with E-state index in [1.54, 1.807) is 0 Å². The predicted molar refractivity (Wildman–Crippen MR) is 125 cm³/mol. The highest BCUT2D eigenvalue weighted by atomic mass is 35.5. The molecule has 0 atom stereocenters. The number of halogens is 1. The Labute approximate surface area is 187 Å². The molecule has 164 valence electrons. The van der Waals surface area contributed by atoms with Crippen LogP contribution in [0.15, 0.2) is 48.5 Å². The van der Waals surface area contributed by atoms with Crippen molar-refractivity contribution < 1.29 is 9.59 Å². The van der Waals surface area contributed by atoms with Crippen LogP contribution in [0.2, 0.25) is 5.02 Å². The normalized spacial score (nSPS) is 17.5. The van der Waals surface area contributed by atoms with Gasteiger partial charge in [0.2, 0.25) is 5.91 Å². The third kappa shape index (κ3) is 5.05. The summed E-state index contributed by atoms with van der Waals surface area (Å²) in [5, 5.41) is 3.81. The number of carbonyl (C=O) groups is 2. The Balaban J connectivity index is 1.36. The number of anilines is 3. The molecule has 7 nitrogen and oxygen atoms in total. The van der Waals surface area contributed by atoms with E-state index in [0.29, 0.717) is 18.1 Å². The first-order chi connectivity index (χ1) is 15.0. The van der Waals surface area contributed by atoms with Gasteiger partial charge in [0.15, 0.2) is 0 Å². The number of hydrogen-bond acceptors (Lipinski definition) is 4. The fourth-order valence-corrected chi connectivity index (χ4v) is 4.48. The van der Waals surface area contributed by atoms with Crippen LogP contribution in [-0.2, 0) is 4.79 Å². The van der Waals surface area contributed by atoms with E-state index >= 15 is 0 Å². The molecule has 0 unspecified atom stereocenters. The first-order valence-electron chi connectivity index (χ1n) is 10.7. The van der Waals surface area contributed by atoms with Crippen LogP contribution < -0.4 is 20.9 Å². The van der Waals surface area contributed by atoms with Gasteiger partial charge < -0.3 is 25.8 Å². The Morgan fingerprint density at radius 3 is 2.29 bits per heavy atom. The number of para-hydroxylation sites is 2. The van der Waals surface area contributed by atoms with Gasteiger partial charge in [0.05, 0.1) is 11.4 Å². The summed E-state index contributed by atoms with van der Waals surface area (Å²) in [7, 11) is 0. The molecule has 0 saturated carbocycles. The molecular formula is C23H28ClN5O2. The number of piperazine rings is 1. The van der Waals surface area contributed by atoms with Crippen LogP contribution >= 0.6 is 11.6 Å². The fourth-order valence-electron chi connectivity index (χ4n) is 4.29. The van der Waals surface area contributed by atoms with Crippen molar-refractivity contribution in [2.45, 2.75) is 12.8 Å². The lowest BCUT2D eigenvalue weighted by atomic mass is 9.96. The molecule has 0 bridgehead atoms. The number of hydrogen-bond donors (Lipinski definition) is 2. The number of piperidine rings is 1. The standard InChI is InChI=1S/C23H28ClN5O2/c24-18-4-3-5-19(16-18)27-12-14-29(15-13-27)23(31)26-20-6-1-2-7-21(20)28-10-8-17(9-11-28)22(25)30/h1-7,16-17H,8-15H2,(H2,25,30)(H,26,31). The minimum absolute atomic E-state index is 0.0613. The first kappa shape index (κ1) is 21.3. The summed E-state index contributed by atoms with van der Waals surface area (Å²) in [6.45, 7) is 4.30. The van der Waals surface area contributed by atoms with E-state index in [2.05, 4.69) is 15.1 Å². The van der Waals surface area contributed by atoms with Crippen LogP contribution in [0.3, 0.4) is 0 Å². The summed E-state index contributed by atoms with van der Waals surface area (Å²) in [5.41, 5.74) is 8.31. The molecule has 0 radical (unpaired) electrons. The van der Waals surface area contributed by atoms with Crippen LogP contribution in [0.25, 0.3) is 0 Å². The maximum Gasteiger partial charge on any atom is 0.322 e. The van der Waals surface area contributed by atoms with Crippen molar-refractivity contribution in [3.05, 3.63) is 53.6 Å². The topological polar surface area (TPSA) is 81.9 Å². The average Bonchev–Trinajstić information content (AvgIpc) is 2.79. The molecule has 2 aliphatic heterocycles. The number of urea groups is 1. The van der Waals surface area contributed by atoms with Gasteiger partial charge in [0, 0.05) is 55.9 Å². The van der Waals surface area contributed by atoms with Gasteiger partial charge in [-0.25, -0.2) is 4.79 Å². The maximum absolute atomic E-state index is 12.9. The molecule has 4 rings (SSSR count). The summed E-state index contributed by atoms with van der Waals surface area (Å²) in [5.74, 6) is -0.285. The Bertz CT molecular complexity index is 937. The van der Waals surface area contributed by atoms with E-state index in [9.17, 15) is 9.59 Å². The largest absolute Gasteiger partial charge is 0.370 e. The van der Waals surface area contributed by atoms with E-state index in [1.165, 1.54) is 0 Å². The highest BCUT2D eigenvalue weighted by molar-refractivity contribution is 6.30. The van der Waals surface area contributed by atoms with E-state index in [0.717, 1.165) is 56.1 Å². The third-order valence-electron chi connectivity index (χ3n) is 6.12. The van der Waals surface area contributed by atoms with Gasteiger partial charge in [-0.2, -0.15) is 0 Å². The van der Waals surface area contributed by atoms with Crippen LogP contribution in [-0.4, -0.2) is 56.1 Å². The van der Waals surface area contributed by atoms with Crippen molar-refractivity contribution in [3.8, 4) is 0 Å². The average molecular weight is 442 g/mol. The lowest BCUT2D eigenvalue weighted by molar-refractivity contribution is -0.122. The second-order valence-corrected chi connectivity index (χ2v) is 8.50. The molecule has 3 N–H and O–H groups in total. The molecular weight excluding hydrogens is 414 g/mol. The molecule has 0 aromatic heterocycles. The zero-order valence-electron chi connectivity index (χ0n) is 17.5. The van der Waals surface area contributed by atoms with E-state index < -0.39 is 0 Å². The van der Waals surface area contributed by atoms with Crippen LogP contribution in [0.1, 0.15) is 12.8 Å². The molecule has 2 saturated heterocycles. The lowest BCUT2D eigenvalue weighted by Crippen LogP contribution is -2.50. The summed E-state index contributed by atoms with van der Waals surface area (Å²) in [6, 6.07) is 15.5. The number of nitrogens with two attached hydrogens (primary N) is 1. The van der Waals surface area contributed by atoms with Crippen LogP contribution in [0, 0.1) is 5.92 Å². The van der Waals surface area contributed by atoms with Gasteiger partial charge in [-0.3, -0.25) is 4.79 Å². The molecule has 2 fully saturated rings. The molecule has 0 aliphatic carbocycles. The molecule has 31 heavy (non-hydrogen) atoms. The Hall–Kier alpha value is -2.93. The smallest absolute Gasteiger partial charge is 0.322 e. The van der Waals surface area contributed by atoms with Gasteiger partial charge in [-0.15, -0.1) is 0 Å². The van der Waals surface area contributed by atoms with E-state index in [-0.39, 0.29) is 17.9 Å². The summed E-state index contributed by atoms with van der Waals surface area (Å²) >= 11 is 6.11. The summed E-state index contributed by atoms with van der Waals surface area (Å²) in [4.78, 5) is 30.7. The molecule has 2 aromatic rings. The number of amides is 3. The van der Waals surface area contributed by atoms with Gasteiger partial charge in [-0.1, -0.05) is 29.8 Å². The molecule has 2 aromatic carbocycles. The minimum Gasteiger partial charge on any atom is -0.370 e. The highest BCUT2D eigenvalue weighted by Gasteiger charge is 2.26. The maximum atomic E-state index is 12.9. The molecule has 8 heteroatoms.